The van der Waals surface area contributed by atoms with Gasteiger partial charge in [-0.05, 0) is 69.7 Å². The number of sulfonamides is 1. The number of hydrogen-bond donors (Lipinski definition) is 1. The molecule has 0 bridgehead atoms. The van der Waals surface area contributed by atoms with Crippen molar-refractivity contribution >= 4 is 48.5 Å². The lowest BCUT2D eigenvalue weighted by Gasteiger charge is -2.20. The minimum absolute atomic E-state index is 0.00298. The summed E-state index contributed by atoms with van der Waals surface area (Å²) < 4.78 is 89.6. The maximum atomic E-state index is 13.9. The predicted octanol–water partition coefficient (Wildman–Crippen LogP) is 6.13. The summed E-state index contributed by atoms with van der Waals surface area (Å²) in [4.78, 5) is 13.1. The average Bonchev–Trinajstić information content (AvgIpc) is 2.99. The van der Waals surface area contributed by atoms with E-state index in [1.165, 1.54) is 19.1 Å². The Morgan fingerprint density at radius 2 is 1.76 bits per heavy atom. The van der Waals surface area contributed by atoms with Gasteiger partial charge in [0, 0.05) is 9.86 Å². The van der Waals surface area contributed by atoms with E-state index in [0.29, 0.717) is 0 Å². The van der Waals surface area contributed by atoms with Gasteiger partial charge in [-0.3, -0.25) is 14.1 Å². The topological polar surface area (TPSA) is 77.4 Å². The number of carbonyl (C=O) groups excluding carboxylic acids is 1. The smallest absolute Gasteiger partial charge is 0.366 e. The fourth-order valence-electron chi connectivity index (χ4n) is 3.34. The fraction of sp³-hybridized carbons (Fsp3) is 0.318. The minimum atomic E-state index is -4.86. The molecule has 3 aromatic rings. The Kier molecular flexibility index (Phi) is 6.90. The molecule has 0 aliphatic carbocycles. The van der Waals surface area contributed by atoms with E-state index in [2.05, 4.69) is 15.9 Å². The van der Waals surface area contributed by atoms with Crippen LogP contribution in [0.1, 0.15) is 36.7 Å². The molecule has 1 aromatic heterocycles. The molecule has 0 aliphatic rings. The molecular weight excluding hydrogens is 544 g/mol. The number of ether oxygens (including phenoxy) is 1. The first-order valence-corrected chi connectivity index (χ1v) is 12.2. The standard InChI is InChI=1S/C22H21BrF4N2O4S/c1-12-15-10-14(24)6-8-18(15)29(19(30)11-33-21(2,3)4)20(12)34(31,32)28-17-7-5-13(23)9-16(17)22(25,26)27/h5-10,28H,11H2,1-4H3. The number of fused-ring (bicyclic) bond motifs is 1. The first-order valence-electron chi connectivity index (χ1n) is 9.88. The Labute approximate surface area is 202 Å². The Hall–Kier alpha value is -2.44. The fourth-order valence-corrected chi connectivity index (χ4v) is 5.22. The molecule has 0 unspecified atom stereocenters. The van der Waals surface area contributed by atoms with Crippen LogP contribution in [0.15, 0.2) is 45.9 Å². The molecule has 1 N–H and O–H groups in total. The number of aromatic nitrogens is 1. The van der Waals surface area contributed by atoms with Crippen LogP contribution in [0, 0.1) is 12.7 Å². The van der Waals surface area contributed by atoms with Crippen LogP contribution in [-0.2, 0) is 20.9 Å². The van der Waals surface area contributed by atoms with E-state index in [0.717, 1.165) is 28.8 Å². The van der Waals surface area contributed by atoms with E-state index < -0.39 is 56.4 Å². The Balaban J connectivity index is 2.21. The summed E-state index contributed by atoms with van der Waals surface area (Å²) in [6.45, 7) is 5.91. The number of nitrogens with one attached hydrogen (secondary N) is 1. The maximum Gasteiger partial charge on any atom is 0.418 e. The number of benzene rings is 2. The van der Waals surface area contributed by atoms with E-state index in [-0.39, 0.29) is 20.9 Å². The molecule has 0 saturated heterocycles. The van der Waals surface area contributed by atoms with Crippen molar-refractivity contribution in [3.8, 4) is 0 Å². The second kappa shape index (κ2) is 8.97. The van der Waals surface area contributed by atoms with Crippen molar-refractivity contribution < 1.29 is 35.5 Å². The number of carbonyl (C=O) groups is 1. The van der Waals surface area contributed by atoms with Gasteiger partial charge in [-0.25, -0.2) is 4.39 Å². The molecule has 0 saturated carbocycles. The van der Waals surface area contributed by atoms with Gasteiger partial charge in [-0.1, -0.05) is 15.9 Å². The van der Waals surface area contributed by atoms with Crippen molar-refractivity contribution in [2.75, 3.05) is 11.3 Å². The van der Waals surface area contributed by atoms with Crippen LogP contribution >= 0.6 is 15.9 Å². The van der Waals surface area contributed by atoms with E-state index in [1.54, 1.807) is 20.8 Å². The Bertz CT molecular complexity index is 1380. The lowest BCUT2D eigenvalue weighted by molar-refractivity contribution is -0.136. The highest BCUT2D eigenvalue weighted by Crippen LogP contribution is 2.38. The molecule has 0 amide bonds. The highest BCUT2D eigenvalue weighted by atomic mass is 79.9. The van der Waals surface area contributed by atoms with Crippen molar-refractivity contribution in [2.24, 2.45) is 0 Å². The van der Waals surface area contributed by atoms with Crippen molar-refractivity contribution in [1.82, 2.24) is 4.57 Å². The van der Waals surface area contributed by atoms with E-state index in [1.807, 2.05) is 4.72 Å². The van der Waals surface area contributed by atoms with Crippen LogP contribution in [0.3, 0.4) is 0 Å². The number of anilines is 1. The van der Waals surface area contributed by atoms with Crippen molar-refractivity contribution in [3.05, 3.63) is 57.8 Å². The molecule has 2 aromatic carbocycles. The number of alkyl halides is 3. The van der Waals surface area contributed by atoms with Crippen molar-refractivity contribution in [2.45, 2.75) is 44.5 Å². The van der Waals surface area contributed by atoms with Gasteiger partial charge in [0.15, 0.2) is 5.03 Å². The molecule has 34 heavy (non-hydrogen) atoms. The van der Waals surface area contributed by atoms with E-state index in [9.17, 15) is 30.8 Å². The lowest BCUT2D eigenvalue weighted by atomic mass is 10.2. The molecule has 0 spiro atoms. The summed E-state index contributed by atoms with van der Waals surface area (Å²) in [6.07, 6.45) is -4.86. The first kappa shape index (κ1) is 26.2. The quantitative estimate of drug-likeness (QED) is 0.378. The van der Waals surface area contributed by atoms with Crippen LogP contribution in [0.2, 0.25) is 0 Å². The predicted molar refractivity (Wildman–Crippen MR) is 123 cm³/mol. The van der Waals surface area contributed by atoms with E-state index >= 15 is 0 Å². The Morgan fingerprint density at radius 3 is 2.35 bits per heavy atom. The summed E-state index contributed by atoms with van der Waals surface area (Å²) in [5, 5.41) is -0.483. The van der Waals surface area contributed by atoms with Crippen LogP contribution in [-0.4, -0.2) is 31.1 Å². The van der Waals surface area contributed by atoms with Crippen molar-refractivity contribution in [3.63, 3.8) is 0 Å². The first-order chi connectivity index (χ1) is 15.5. The summed E-state index contributed by atoms with van der Waals surface area (Å²) in [6, 6.07) is 6.27. The molecule has 0 fully saturated rings. The molecule has 6 nitrogen and oxygen atoms in total. The highest BCUT2D eigenvalue weighted by molar-refractivity contribution is 9.10. The van der Waals surface area contributed by atoms with Gasteiger partial charge in [0.1, 0.15) is 12.4 Å². The third-order valence-electron chi connectivity index (χ3n) is 4.79. The molecule has 0 radical (unpaired) electrons. The lowest BCUT2D eigenvalue weighted by Crippen LogP contribution is -2.29. The maximum absolute atomic E-state index is 13.9. The number of hydrogen-bond acceptors (Lipinski definition) is 4. The van der Waals surface area contributed by atoms with Crippen LogP contribution < -0.4 is 4.72 Å². The summed E-state index contributed by atoms with van der Waals surface area (Å²) in [5.41, 5.74) is -2.60. The van der Waals surface area contributed by atoms with Gasteiger partial charge in [0.05, 0.1) is 22.4 Å². The largest absolute Gasteiger partial charge is 0.418 e. The van der Waals surface area contributed by atoms with Gasteiger partial charge < -0.3 is 4.74 Å². The molecule has 0 aliphatic heterocycles. The number of aryl methyl sites for hydroxylation is 1. The average molecular weight is 565 g/mol. The monoisotopic (exact) mass is 564 g/mol. The summed E-state index contributed by atoms with van der Waals surface area (Å²) >= 11 is 2.94. The summed E-state index contributed by atoms with van der Waals surface area (Å²) in [7, 11) is -4.74. The van der Waals surface area contributed by atoms with Crippen LogP contribution in [0.25, 0.3) is 10.9 Å². The zero-order chi connectivity index (χ0) is 25.6. The Morgan fingerprint density at radius 1 is 1.12 bits per heavy atom. The van der Waals surface area contributed by atoms with Crippen molar-refractivity contribution in [1.29, 1.82) is 0 Å². The van der Waals surface area contributed by atoms with Gasteiger partial charge >= 0.3 is 6.18 Å². The molecule has 184 valence electrons. The molecular formula is C22H21BrF4N2O4S. The third kappa shape index (κ3) is 5.44. The number of nitrogens with zero attached hydrogens (tertiary/aromatic N) is 1. The number of halogens is 5. The second-order valence-corrected chi connectivity index (χ2v) is 11.0. The highest BCUT2D eigenvalue weighted by Gasteiger charge is 2.36. The van der Waals surface area contributed by atoms with Gasteiger partial charge in [-0.15, -0.1) is 0 Å². The van der Waals surface area contributed by atoms with Gasteiger partial charge in [-0.2, -0.15) is 21.6 Å². The van der Waals surface area contributed by atoms with Gasteiger partial charge in [0.25, 0.3) is 15.9 Å². The van der Waals surface area contributed by atoms with E-state index in [4.69, 9.17) is 4.74 Å². The SMILES string of the molecule is Cc1c(S(=O)(=O)Nc2ccc(Br)cc2C(F)(F)F)n(C(=O)COC(C)(C)C)c2ccc(F)cc12. The minimum Gasteiger partial charge on any atom is -0.366 e. The second-order valence-electron chi connectivity index (χ2n) is 8.51. The molecule has 0 atom stereocenters. The third-order valence-corrected chi connectivity index (χ3v) is 6.77. The van der Waals surface area contributed by atoms with Gasteiger partial charge in [0.2, 0.25) is 0 Å². The zero-order valence-corrected chi connectivity index (χ0v) is 21.0. The molecule has 12 heteroatoms. The number of rotatable bonds is 5. The van der Waals surface area contributed by atoms with Crippen LogP contribution in [0.5, 0.6) is 0 Å². The zero-order valence-electron chi connectivity index (χ0n) is 18.5. The molecule has 3 rings (SSSR count). The summed E-state index contributed by atoms with van der Waals surface area (Å²) in [5.74, 6) is -1.46. The normalized spacial score (nSPS) is 12.9. The molecule has 1 heterocycles. The van der Waals surface area contributed by atoms with Crippen LogP contribution in [0.4, 0.5) is 23.2 Å².